The molecule has 1 heterocycles. The first-order valence-electron chi connectivity index (χ1n) is 7.12. The molecule has 1 aromatic carbocycles. The molecule has 0 aliphatic carbocycles. The molecule has 0 bridgehead atoms. The SMILES string of the molecule is O=C(O)c1ccccc1OCCN1CCC[C@H](C(F)(F)F)C1. The van der Waals surface area contributed by atoms with Crippen molar-refractivity contribution >= 4 is 5.97 Å². The molecule has 22 heavy (non-hydrogen) atoms. The third-order valence-corrected chi connectivity index (χ3v) is 3.75. The van der Waals surface area contributed by atoms with E-state index in [1.54, 1.807) is 17.0 Å². The number of alkyl halides is 3. The largest absolute Gasteiger partial charge is 0.491 e. The quantitative estimate of drug-likeness (QED) is 0.907. The van der Waals surface area contributed by atoms with Gasteiger partial charge in [0.15, 0.2) is 0 Å². The number of nitrogens with zero attached hydrogens (tertiary/aromatic N) is 1. The van der Waals surface area contributed by atoms with Gasteiger partial charge in [0.1, 0.15) is 17.9 Å². The standard InChI is InChI=1S/C15H18F3NO3/c16-15(17,18)11-4-3-7-19(10-11)8-9-22-13-6-2-1-5-12(13)14(20)21/h1-2,5-6,11H,3-4,7-10H2,(H,20,21)/t11-/m0/s1. The smallest absolute Gasteiger partial charge is 0.393 e. The Morgan fingerprint density at radius 2 is 2.09 bits per heavy atom. The van der Waals surface area contributed by atoms with Crippen LogP contribution in [0.25, 0.3) is 0 Å². The van der Waals surface area contributed by atoms with E-state index in [4.69, 9.17) is 9.84 Å². The minimum Gasteiger partial charge on any atom is -0.491 e. The molecule has 122 valence electrons. The monoisotopic (exact) mass is 317 g/mol. The maximum atomic E-state index is 12.7. The average molecular weight is 317 g/mol. The molecule has 4 nitrogen and oxygen atoms in total. The van der Waals surface area contributed by atoms with E-state index in [2.05, 4.69) is 0 Å². The zero-order chi connectivity index (χ0) is 16.2. The normalized spacial score (nSPS) is 19.9. The van der Waals surface area contributed by atoms with Crippen LogP contribution in [0, 0.1) is 5.92 Å². The lowest BCUT2D eigenvalue weighted by molar-refractivity contribution is -0.186. The zero-order valence-electron chi connectivity index (χ0n) is 12.0. The van der Waals surface area contributed by atoms with Crippen LogP contribution in [-0.2, 0) is 0 Å². The summed E-state index contributed by atoms with van der Waals surface area (Å²) in [6.45, 7) is 1.10. The summed E-state index contributed by atoms with van der Waals surface area (Å²) in [5.41, 5.74) is 0.0503. The lowest BCUT2D eigenvalue weighted by Gasteiger charge is -2.33. The minimum atomic E-state index is -4.16. The van der Waals surface area contributed by atoms with Crippen LogP contribution in [0.4, 0.5) is 13.2 Å². The Hall–Kier alpha value is -1.76. The Morgan fingerprint density at radius 3 is 2.77 bits per heavy atom. The number of likely N-dealkylation sites (tertiary alicyclic amines) is 1. The number of rotatable bonds is 5. The van der Waals surface area contributed by atoms with Crippen molar-refractivity contribution in [3.8, 4) is 5.75 Å². The van der Waals surface area contributed by atoms with Crippen molar-refractivity contribution in [2.24, 2.45) is 5.92 Å². The molecule has 1 aliphatic heterocycles. The third-order valence-electron chi connectivity index (χ3n) is 3.75. The fraction of sp³-hybridized carbons (Fsp3) is 0.533. The van der Waals surface area contributed by atoms with Crippen LogP contribution in [0.2, 0.25) is 0 Å². The summed E-state index contributed by atoms with van der Waals surface area (Å²) in [4.78, 5) is 12.7. The number of carbonyl (C=O) groups is 1. The first-order valence-corrected chi connectivity index (χ1v) is 7.12. The number of ether oxygens (including phenoxy) is 1. The molecule has 0 spiro atoms. The summed E-state index contributed by atoms with van der Waals surface area (Å²) >= 11 is 0. The van der Waals surface area contributed by atoms with Crippen molar-refractivity contribution < 1.29 is 27.8 Å². The van der Waals surface area contributed by atoms with Crippen LogP contribution in [0.1, 0.15) is 23.2 Å². The average Bonchev–Trinajstić information content (AvgIpc) is 2.47. The van der Waals surface area contributed by atoms with Gasteiger partial charge >= 0.3 is 12.1 Å². The van der Waals surface area contributed by atoms with Crippen molar-refractivity contribution in [1.82, 2.24) is 4.90 Å². The number of aromatic carboxylic acids is 1. The molecule has 1 aromatic rings. The number of piperidine rings is 1. The van der Waals surface area contributed by atoms with E-state index in [9.17, 15) is 18.0 Å². The van der Waals surface area contributed by atoms with E-state index in [0.29, 0.717) is 19.5 Å². The van der Waals surface area contributed by atoms with Gasteiger partial charge in [0.05, 0.1) is 5.92 Å². The van der Waals surface area contributed by atoms with Gasteiger partial charge in [-0.3, -0.25) is 4.90 Å². The van der Waals surface area contributed by atoms with Gasteiger partial charge < -0.3 is 9.84 Å². The van der Waals surface area contributed by atoms with Gasteiger partial charge in [0.25, 0.3) is 0 Å². The number of benzene rings is 1. The van der Waals surface area contributed by atoms with Gasteiger partial charge in [-0.25, -0.2) is 4.79 Å². The highest BCUT2D eigenvalue weighted by molar-refractivity contribution is 5.90. The molecule has 0 saturated carbocycles. The second-order valence-electron chi connectivity index (χ2n) is 5.33. The summed E-state index contributed by atoms with van der Waals surface area (Å²) < 4.78 is 43.6. The van der Waals surface area contributed by atoms with E-state index in [1.807, 2.05) is 0 Å². The number of carboxylic acids is 1. The lowest BCUT2D eigenvalue weighted by Crippen LogP contribution is -2.43. The number of halogens is 3. The molecular formula is C15H18F3NO3. The van der Waals surface area contributed by atoms with Crippen LogP contribution in [-0.4, -0.2) is 48.4 Å². The van der Waals surface area contributed by atoms with E-state index in [-0.39, 0.29) is 30.9 Å². The molecule has 1 aliphatic rings. The highest BCUT2D eigenvalue weighted by Gasteiger charge is 2.41. The Morgan fingerprint density at radius 1 is 1.36 bits per heavy atom. The summed E-state index contributed by atoms with van der Waals surface area (Å²) in [6.07, 6.45) is -3.48. The van der Waals surface area contributed by atoms with Crippen molar-refractivity contribution in [1.29, 1.82) is 0 Å². The molecule has 7 heteroatoms. The number of hydrogen-bond donors (Lipinski definition) is 1. The van der Waals surface area contributed by atoms with E-state index in [1.165, 1.54) is 12.1 Å². The molecule has 0 aromatic heterocycles. The highest BCUT2D eigenvalue weighted by atomic mass is 19.4. The fourth-order valence-corrected chi connectivity index (χ4v) is 2.58. The zero-order valence-corrected chi connectivity index (χ0v) is 12.0. The Balaban J connectivity index is 1.85. The molecular weight excluding hydrogens is 299 g/mol. The molecule has 1 atom stereocenters. The maximum Gasteiger partial charge on any atom is 0.393 e. The predicted molar refractivity (Wildman–Crippen MR) is 74.1 cm³/mol. The second kappa shape index (κ2) is 7.00. The van der Waals surface area contributed by atoms with Gasteiger partial charge in [-0.15, -0.1) is 0 Å². The summed E-state index contributed by atoms with van der Waals surface area (Å²) in [6, 6.07) is 6.22. The molecule has 0 radical (unpaired) electrons. The summed E-state index contributed by atoms with van der Waals surface area (Å²) in [5, 5.41) is 9.02. The van der Waals surface area contributed by atoms with Crippen molar-refractivity contribution in [3.63, 3.8) is 0 Å². The Labute approximate surface area is 126 Å². The van der Waals surface area contributed by atoms with Crippen molar-refractivity contribution in [2.75, 3.05) is 26.2 Å². The second-order valence-corrected chi connectivity index (χ2v) is 5.33. The summed E-state index contributed by atoms with van der Waals surface area (Å²) in [7, 11) is 0. The van der Waals surface area contributed by atoms with Gasteiger partial charge in [-0.05, 0) is 31.5 Å². The van der Waals surface area contributed by atoms with Crippen LogP contribution in [0.15, 0.2) is 24.3 Å². The molecule has 2 rings (SSSR count). The minimum absolute atomic E-state index is 0.0204. The number of carboxylic acid groups (broad SMARTS) is 1. The highest BCUT2D eigenvalue weighted by Crippen LogP contribution is 2.32. The molecule has 1 saturated heterocycles. The van der Waals surface area contributed by atoms with Crippen LogP contribution >= 0.6 is 0 Å². The predicted octanol–water partition coefficient (Wildman–Crippen LogP) is 3.04. The first-order chi connectivity index (χ1) is 10.4. The van der Waals surface area contributed by atoms with Gasteiger partial charge in [0, 0.05) is 13.1 Å². The Kier molecular flexibility index (Phi) is 5.28. The molecule has 0 unspecified atom stereocenters. The maximum absolute atomic E-state index is 12.7. The number of para-hydroxylation sites is 1. The third kappa shape index (κ3) is 4.37. The van der Waals surface area contributed by atoms with E-state index < -0.39 is 18.1 Å². The van der Waals surface area contributed by atoms with Crippen LogP contribution in [0.3, 0.4) is 0 Å². The first kappa shape index (κ1) is 16.6. The Bertz CT molecular complexity index is 519. The van der Waals surface area contributed by atoms with Gasteiger partial charge in [0.2, 0.25) is 0 Å². The van der Waals surface area contributed by atoms with Gasteiger partial charge in [-0.2, -0.15) is 13.2 Å². The molecule has 1 fully saturated rings. The topological polar surface area (TPSA) is 49.8 Å². The molecule has 0 amide bonds. The van der Waals surface area contributed by atoms with Crippen molar-refractivity contribution in [3.05, 3.63) is 29.8 Å². The molecule has 1 N–H and O–H groups in total. The van der Waals surface area contributed by atoms with Crippen molar-refractivity contribution in [2.45, 2.75) is 19.0 Å². The van der Waals surface area contributed by atoms with Crippen LogP contribution in [0.5, 0.6) is 5.75 Å². The van der Waals surface area contributed by atoms with Gasteiger partial charge in [-0.1, -0.05) is 12.1 Å². The fourth-order valence-electron chi connectivity index (χ4n) is 2.58. The number of hydrogen-bond acceptors (Lipinski definition) is 3. The summed E-state index contributed by atoms with van der Waals surface area (Å²) in [5.74, 6) is -2.14. The van der Waals surface area contributed by atoms with E-state index in [0.717, 1.165) is 0 Å². The van der Waals surface area contributed by atoms with Crippen LogP contribution < -0.4 is 4.74 Å². The lowest BCUT2D eigenvalue weighted by atomic mass is 9.98. The van der Waals surface area contributed by atoms with E-state index >= 15 is 0 Å².